The van der Waals surface area contributed by atoms with E-state index in [4.69, 9.17) is 4.74 Å². The molecule has 0 heterocycles. The van der Waals surface area contributed by atoms with Crippen molar-refractivity contribution in [2.45, 2.75) is 27.2 Å². The van der Waals surface area contributed by atoms with E-state index in [9.17, 15) is 9.90 Å². The second-order valence-electron chi connectivity index (χ2n) is 5.10. The van der Waals surface area contributed by atoms with Gasteiger partial charge in [0.05, 0.1) is 13.2 Å². The third-order valence-electron chi connectivity index (χ3n) is 3.36. The van der Waals surface area contributed by atoms with Gasteiger partial charge in [-0.3, -0.25) is 5.32 Å². The van der Waals surface area contributed by atoms with Crippen molar-refractivity contribution in [3.63, 3.8) is 0 Å². The smallest absolute Gasteiger partial charge is 0.411 e. The summed E-state index contributed by atoms with van der Waals surface area (Å²) in [5.41, 5.74) is 1.52. The zero-order valence-corrected chi connectivity index (χ0v) is 12.4. The topological polar surface area (TPSA) is 70.6 Å². The summed E-state index contributed by atoms with van der Waals surface area (Å²) in [7, 11) is 0. The molecule has 1 aromatic carbocycles. The predicted octanol–water partition coefficient (Wildman–Crippen LogP) is 3.08. The van der Waals surface area contributed by atoms with Gasteiger partial charge in [0, 0.05) is 23.3 Å². The van der Waals surface area contributed by atoms with E-state index >= 15 is 0 Å². The molecule has 3 N–H and O–H groups in total. The summed E-state index contributed by atoms with van der Waals surface area (Å²) < 4.78 is 4.80. The number of benzene rings is 1. The number of hydrogen-bond donors (Lipinski definition) is 3. The normalized spacial score (nSPS) is 13.4. The molecule has 0 bridgehead atoms. The standard InChI is InChI=1S/C15H24N2O3/c1-4-15(3,11-18)10-16-12-6-8-13(9-7-12)17-14(19)20-5-2/h6-9,16,18H,4-5,10-11H2,1-3H3,(H,17,19). The first-order valence-corrected chi connectivity index (χ1v) is 6.91. The number of aliphatic hydroxyl groups excluding tert-OH is 1. The maximum absolute atomic E-state index is 11.3. The number of amides is 1. The highest BCUT2D eigenvalue weighted by atomic mass is 16.5. The first-order valence-electron chi connectivity index (χ1n) is 6.91. The molecule has 0 aromatic heterocycles. The van der Waals surface area contributed by atoms with Crippen LogP contribution in [0.1, 0.15) is 27.2 Å². The van der Waals surface area contributed by atoms with E-state index in [1.54, 1.807) is 6.92 Å². The van der Waals surface area contributed by atoms with Crippen LogP contribution in [0.25, 0.3) is 0 Å². The van der Waals surface area contributed by atoms with Crippen LogP contribution in [-0.2, 0) is 4.74 Å². The van der Waals surface area contributed by atoms with E-state index < -0.39 is 6.09 Å². The Bertz CT molecular complexity index is 414. The Morgan fingerprint density at radius 1 is 1.25 bits per heavy atom. The third-order valence-corrected chi connectivity index (χ3v) is 3.36. The fourth-order valence-electron chi connectivity index (χ4n) is 1.56. The molecule has 0 spiro atoms. The van der Waals surface area contributed by atoms with Crippen molar-refractivity contribution in [1.82, 2.24) is 0 Å². The molecule has 1 aromatic rings. The number of ether oxygens (including phenoxy) is 1. The van der Waals surface area contributed by atoms with Gasteiger partial charge in [0.1, 0.15) is 0 Å². The molecular formula is C15H24N2O3. The Morgan fingerprint density at radius 2 is 1.85 bits per heavy atom. The number of carbonyl (C=O) groups is 1. The third kappa shape index (κ3) is 5.09. The van der Waals surface area contributed by atoms with E-state index in [1.165, 1.54) is 0 Å². The van der Waals surface area contributed by atoms with Crippen molar-refractivity contribution in [3.8, 4) is 0 Å². The van der Waals surface area contributed by atoms with Gasteiger partial charge in [0.2, 0.25) is 0 Å². The second-order valence-corrected chi connectivity index (χ2v) is 5.10. The molecule has 5 heteroatoms. The Hall–Kier alpha value is -1.75. The summed E-state index contributed by atoms with van der Waals surface area (Å²) >= 11 is 0. The lowest BCUT2D eigenvalue weighted by molar-refractivity contribution is 0.149. The van der Waals surface area contributed by atoms with E-state index in [0.717, 1.165) is 12.1 Å². The fraction of sp³-hybridized carbons (Fsp3) is 0.533. The lowest BCUT2D eigenvalue weighted by atomic mass is 9.88. The van der Waals surface area contributed by atoms with Crippen molar-refractivity contribution in [2.24, 2.45) is 5.41 Å². The first kappa shape index (κ1) is 16.3. The predicted molar refractivity (Wildman–Crippen MR) is 81.1 cm³/mol. The van der Waals surface area contributed by atoms with Gasteiger partial charge >= 0.3 is 6.09 Å². The molecule has 1 unspecified atom stereocenters. The highest BCUT2D eigenvalue weighted by molar-refractivity contribution is 5.84. The zero-order chi connectivity index (χ0) is 15.0. The van der Waals surface area contributed by atoms with Gasteiger partial charge in [0.15, 0.2) is 0 Å². The number of rotatable bonds is 7. The van der Waals surface area contributed by atoms with Crippen LogP contribution in [-0.4, -0.2) is 31.0 Å². The lowest BCUT2D eigenvalue weighted by Crippen LogP contribution is -2.29. The van der Waals surface area contributed by atoms with Gasteiger partial charge in [-0.25, -0.2) is 4.79 Å². The van der Waals surface area contributed by atoms with Crippen LogP contribution in [0.5, 0.6) is 0 Å². The highest BCUT2D eigenvalue weighted by Gasteiger charge is 2.20. The van der Waals surface area contributed by atoms with Gasteiger partial charge in [0.25, 0.3) is 0 Å². The number of hydrogen-bond acceptors (Lipinski definition) is 4. The molecule has 0 fully saturated rings. The molecule has 1 amide bonds. The maximum atomic E-state index is 11.3. The van der Waals surface area contributed by atoms with Crippen LogP contribution in [0.2, 0.25) is 0 Å². The van der Waals surface area contributed by atoms with Crippen LogP contribution in [0.15, 0.2) is 24.3 Å². The Balaban J connectivity index is 2.52. The molecule has 0 radical (unpaired) electrons. The molecule has 0 aliphatic heterocycles. The number of nitrogens with one attached hydrogen (secondary N) is 2. The van der Waals surface area contributed by atoms with E-state index in [-0.39, 0.29) is 12.0 Å². The zero-order valence-electron chi connectivity index (χ0n) is 12.4. The number of anilines is 2. The molecule has 112 valence electrons. The van der Waals surface area contributed by atoms with Crippen molar-refractivity contribution in [1.29, 1.82) is 0 Å². The summed E-state index contributed by atoms with van der Waals surface area (Å²) in [6.07, 6.45) is 0.450. The summed E-state index contributed by atoms with van der Waals surface area (Å²) in [5.74, 6) is 0. The average molecular weight is 280 g/mol. The fourth-order valence-corrected chi connectivity index (χ4v) is 1.56. The molecule has 1 rings (SSSR count). The molecule has 5 nitrogen and oxygen atoms in total. The Morgan fingerprint density at radius 3 is 2.35 bits per heavy atom. The largest absolute Gasteiger partial charge is 0.450 e. The quantitative estimate of drug-likeness (QED) is 0.718. The molecule has 1 atom stereocenters. The Labute approximate surface area is 120 Å². The molecule has 0 saturated carbocycles. The first-order chi connectivity index (χ1) is 9.53. The van der Waals surface area contributed by atoms with Crippen LogP contribution in [0.3, 0.4) is 0 Å². The summed E-state index contributed by atoms with van der Waals surface area (Å²) in [4.78, 5) is 11.3. The SMILES string of the molecule is CCOC(=O)Nc1ccc(NCC(C)(CC)CO)cc1. The van der Waals surface area contributed by atoms with Gasteiger partial charge in [-0.05, 0) is 37.6 Å². The molecule has 0 saturated heterocycles. The summed E-state index contributed by atoms with van der Waals surface area (Å²) in [6, 6.07) is 7.38. The van der Waals surface area contributed by atoms with Crippen LogP contribution < -0.4 is 10.6 Å². The minimum atomic E-state index is -0.452. The van der Waals surface area contributed by atoms with E-state index in [2.05, 4.69) is 17.6 Å². The average Bonchev–Trinajstić information content (AvgIpc) is 2.46. The summed E-state index contributed by atoms with van der Waals surface area (Å²) in [6.45, 7) is 7.06. The van der Waals surface area contributed by atoms with E-state index in [1.807, 2.05) is 31.2 Å². The second kappa shape index (κ2) is 7.75. The van der Waals surface area contributed by atoms with Crippen molar-refractivity contribution in [3.05, 3.63) is 24.3 Å². The molecular weight excluding hydrogens is 256 g/mol. The molecule has 0 aliphatic rings. The van der Waals surface area contributed by atoms with Gasteiger partial charge in [-0.15, -0.1) is 0 Å². The van der Waals surface area contributed by atoms with Crippen molar-refractivity contribution < 1.29 is 14.6 Å². The van der Waals surface area contributed by atoms with Gasteiger partial charge in [-0.1, -0.05) is 13.8 Å². The molecule has 20 heavy (non-hydrogen) atoms. The van der Waals surface area contributed by atoms with E-state index in [0.29, 0.717) is 18.8 Å². The summed E-state index contributed by atoms with van der Waals surface area (Å²) in [5, 5.41) is 15.3. The van der Waals surface area contributed by atoms with Crippen molar-refractivity contribution >= 4 is 17.5 Å². The minimum Gasteiger partial charge on any atom is -0.450 e. The Kier molecular flexibility index (Phi) is 6.31. The van der Waals surface area contributed by atoms with Gasteiger partial charge in [-0.2, -0.15) is 0 Å². The van der Waals surface area contributed by atoms with Gasteiger partial charge < -0.3 is 15.2 Å². The van der Waals surface area contributed by atoms with Crippen molar-refractivity contribution in [2.75, 3.05) is 30.4 Å². The monoisotopic (exact) mass is 280 g/mol. The number of aliphatic hydroxyl groups is 1. The van der Waals surface area contributed by atoms with Crippen LogP contribution in [0, 0.1) is 5.41 Å². The van der Waals surface area contributed by atoms with Crippen LogP contribution in [0.4, 0.5) is 16.2 Å². The van der Waals surface area contributed by atoms with Crippen LogP contribution >= 0.6 is 0 Å². The highest BCUT2D eigenvalue weighted by Crippen LogP contribution is 2.21. The maximum Gasteiger partial charge on any atom is 0.411 e. The molecule has 0 aliphatic carbocycles. The lowest BCUT2D eigenvalue weighted by Gasteiger charge is -2.26. The minimum absolute atomic E-state index is 0.123. The number of carbonyl (C=O) groups excluding carboxylic acids is 1.